The molecule has 6 heteroatoms. The van der Waals surface area contributed by atoms with Gasteiger partial charge in [-0.25, -0.2) is 13.1 Å². The summed E-state index contributed by atoms with van der Waals surface area (Å²) >= 11 is 1.77. The van der Waals surface area contributed by atoms with E-state index < -0.39 is 10.0 Å². The molecule has 2 aromatic rings. The molecule has 1 unspecified atom stereocenters. The maximum absolute atomic E-state index is 11.6. The van der Waals surface area contributed by atoms with Gasteiger partial charge in [0.1, 0.15) is 0 Å². The predicted octanol–water partition coefficient (Wildman–Crippen LogP) is 2.80. The van der Waals surface area contributed by atoms with E-state index in [0.717, 1.165) is 0 Å². The Morgan fingerprint density at radius 2 is 2.00 bits per heavy atom. The van der Waals surface area contributed by atoms with Crippen LogP contribution >= 0.6 is 11.3 Å². The van der Waals surface area contributed by atoms with Crippen molar-refractivity contribution in [3.8, 4) is 0 Å². The summed E-state index contributed by atoms with van der Waals surface area (Å²) in [7, 11) is -3.15. The van der Waals surface area contributed by atoms with E-state index in [0.29, 0.717) is 13.1 Å². The zero-order valence-electron chi connectivity index (χ0n) is 12.6. The Morgan fingerprint density at radius 3 is 2.67 bits per heavy atom. The average Bonchev–Trinajstić information content (AvgIpc) is 2.76. The topological polar surface area (TPSA) is 58.2 Å². The molecule has 1 heterocycles. The molecule has 0 aliphatic carbocycles. The fraction of sp³-hybridized carbons (Fsp3) is 0.467. The lowest BCUT2D eigenvalue weighted by Crippen LogP contribution is -2.32. The first-order valence-electron chi connectivity index (χ1n) is 7.13. The molecular weight excluding hydrogens is 304 g/mol. The van der Waals surface area contributed by atoms with E-state index in [1.165, 1.54) is 20.5 Å². The molecule has 0 saturated heterocycles. The molecule has 116 valence electrons. The molecule has 1 aromatic carbocycles. The summed E-state index contributed by atoms with van der Waals surface area (Å²) in [6.45, 7) is 6.88. The number of benzene rings is 1. The van der Waals surface area contributed by atoms with E-state index in [-0.39, 0.29) is 11.8 Å². The first-order valence-corrected chi connectivity index (χ1v) is 9.60. The van der Waals surface area contributed by atoms with Gasteiger partial charge in [0, 0.05) is 28.7 Å². The van der Waals surface area contributed by atoms with Crippen molar-refractivity contribution in [1.29, 1.82) is 0 Å². The monoisotopic (exact) mass is 326 g/mol. The van der Waals surface area contributed by atoms with E-state index in [9.17, 15) is 8.42 Å². The highest BCUT2D eigenvalue weighted by Gasteiger charge is 2.15. The van der Waals surface area contributed by atoms with Gasteiger partial charge in [-0.05, 0) is 30.9 Å². The smallest absolute Gasteiger partial charge is 0.212 e. The minimum Gasteiger partial charge on any atom is -0.308 e. The fourth-order valence-corrected chi connectivity index (χ4v) is 4.61. The molecule has 2 rings (SSSR count). The van der Waals surface area contributed by atoms with Crippen LogP contribution in [0.15, 0.2) is 24.3 Å². The lowest BCUT2D eigenvalue weighted by atomic mass is 10.1. The van der Waals surface area contributed by atoms with Gasteiger partial charge in [0.05, 0.1) is 5.75 Å². The maximum Gasteiger partial charge on any atom is 0.212 e. The number of aryl methyl sites for hydroxylation is 1. The standard InChI is InChI=1S/C15H22N2O2S2/c1-4-17-21(18,19)10-9-16-12(3)15-11(2)13-7-5-6-8-14(13)20-15/h5-8,12,16-17H,4,9-10H2,1-3H3. The van der Waals surface area contributed by atoms with Crippen LogP contribution in [0.4, 0.5) is 0 Å². The second kappa shape index (κ2) is 6.87. The van der Waals surface area contributed by atoms with Gasteiger partial charge in [-0.3, -0.25) is 0 Å². The van der Waals surface area contributed by atoms with Gasteiger partial charge < -0.3 is 5.32 Å². The number of hydrogen-bond donors (Lipinski definition) is 2. The lowest BCUT2D eigenvalue weighted by Gasteiger charge is -2.13. The van der Waals surface area contributed by atoms with Gasteiger partial charge >= 0.3 is 0 Å². The van der Waals surface area contributed by atoms with E-state index in [4.69, 9.17) is 0 Å². The Morgan fingerprint density at radius 1 is 1.29 bits per heavy atom. The molecular formula is C15H22N2O2S2. The molecule has 0 amide bonds. The molecule has 2 N–H and O–H groups in total. The Labute approximate surface area is 130 Å². The number of sulfonamides is 1. The normalized spacial score (nSPS) is 13.7. The lowest BCUT2D eigenvalue weighted by molar-refractivity contribution is 0.566. The third kappa shape index (κ3) is 4.03. The summed E-state index contributed by atoms with van der Waals surface area (Å²) in [5, 5.41) is 4.59. The summed E-state index contributed by atoms with van der Waals surface area (Å²) in [6, 6.07) is 8.50. The average molecular weight is 326 g/mol. The minimum absolute atomic E-state index is 0.106. The molecule has 0 aliphatic rings. The first-order chi connectivity index (χ1) is 9.94. The van der Waals surface area contributed by atoms with Crippen molar-refractivity contribution in [2.75, 3.05) is 18.8 Å². The zero-order chi connectivity index (χ0) is 15.5. The van der Waals surface area contributed by atoms with Gasteiger partial charge in [0.15, 0.2) is 0 Å². The van der Waals surface area contributed by atoms with Crippen molar-refractivity contribution < 1.29 is 8.42 Å². The second-order valence-corrected chi connectivity index (χ2v) is 8.09. The van der Waals surface area contributed by atoms with Crippen LogP contribution in [-0.4, -0.2) is 27.3 Å². The molecule has 0 fully saturated rings. The minimum atomic E-state index is -3.15. The number of nitrogens with one attached hydrogen (secondary N) is 2. The molecule has 1 aromatic heterocycles. The second-order valence-electron chi connectivity index (χ2n) is 5.08. The van der Waals surface area contributed by atoms with Crippen LogP contribution in [0.1, 0.15) is 30.3 Å². The van der Waals surface area contributed by atoms with Gasteiger partial charge in [-0.1, -0.05) is 25.1 Å². The van der Waals surface area contributed by atoms with Crippen LogP contribution in [0.2, 0.25) is 0 Å². The number of thiophene rings is 1. The number of hydrogen-bond acceptors (Lipinski definition) is 4. The zero-order valence-corrected chi connectivity index (χ0v) is 14.3. The summed E-state index contributed by atoms with van der Waals surface area (Å²) in [5.74, 6) is 0.106. The van der Waals surface area contributed by atoms with E-state index >= 15 is 0 Å². The molecule has 4 nitrogen and oxygen atoms in total. The summed E-state index contributed by atoms with van der Waals surface area (Å²) in [5.41, 5.74) is 1.28. The van der Waals surface area contributed by atoms with Crippen molar-refractivity contribution in [3.63, 3.8) is 0 Å². The number of rotatable bonds is 7. The Kier molecular flexibility index (Phi) is 5.37. The predicted molar refractivity (Wildman–Crippen MR) is 90.4 cm³/mol. The summed E-state index contributed by atoms with van der Waals surface area (Å²) in [6.07, 6.45) is 0. The van der Waals surface area contributed by atoms with Crippen LogP contribution < -0.4 is 10.0 Å². The highest BCUT2D eigenvalue weighted by Crippen LogP contribution is 2.34. The van der Waals surface area contributed by atoms with E-state index in [1.807, 2.05) is 12.1 Å². The molecule has 1 atom stereocenters. The van der Waals surface area contributed by atoms with Crippen molar-refractivity contribution >= 4 is 31.4 Å². The van der Waals surface area contributed by atoms with Crippen molar-refractivity contribution in [2.24, 2.45) is 0 Å². The Balaban J connectivity index is 2.02. The van der Waals surface area contributed by atoms with Crippen molar-refractivity contribution in [1.82, 2.24) is 10.0 Å². The van der Waals surface area contributed by atoms with Gasteiger partial charge in [-0.2, -0.15) is 0 Å². The van der Waals surface area contributed by atoms with Gasteiger partial charge in [-0.15, -0.1) is 11.3 Å². The molecule has 0 bridgehead atoms. The van der Waals surface area contributed by atoms with E-state index in [1.54, 1.807) is 18.3 Å². The largest absolute Gasteiger partial charge is 0.308 e. The molecule has 0 saturated carbocycles. The van der Waals surface area contributed by atoms with Crippen LogP contribution in [-0.2, 0) is 10.0 Å². The SMILES string of the molecule is CCNS(=O)(=O)CCNC(C)c1sc2ccccc2c1C. The Bertz CT molecular complexity index is 708. The fourth-order valence-electron chi connectivity index (χ4n) is 2.40. The first kappa shape index (κ1) is 16.4. The third-order valence-electron chi connectivity index (χ3n) is 3.46. The van der Waals surface area contributed by atoms with Crippen LogP contribution in [0.3, 0.4) is 0 Å². The van der Waals surface area contributed by atoms with Crippen LogP contribution in [0.25, 0.3) is 10.1 Å². The van der Waals surface area contributed by atoms with E-state index in [2.05, 4.69) is 36.0 Å². The van der Waals surface area contributed by atoms with Gasteiger partial charge in [0.25, 0.3) is 0 Å². The van der Waals surface area contributed by atoms with Crippen LogP contribution in [0, 0.1) is 6.92 Å². The Hall–Kier alpha value is -0.950. The maximum atomic E-state index is 11.6. The summed E-state index contributed by atoms with van der Waals surface area (Å²) in [4.78, 5) is 1.28. The molecule has 0 aliphatic heterocycles. The number of fused-ring (bicyclic) bond motifs is 1. The highest BCUT2D eigenvalue weighted by molar-refractivity contribution is 7.89. The molecule has 21 heavy (non-hydrogen) atoms. The van der Waals surface area contributed by atoms with Gasteiger partial charge in [0.2, 0.25) is 10.0 Å². The van der Waals surface area contributed by atoms with Crippen molar-refractivity contribution in [2.45, 2.75) is 26.8 Å². The highest BCUT2D eigenvalue weighted by atomic mass is 32.2. The molecule has 0 spiro atoms. The molecule has 0 radical (unpaired) electrons. The third-order valence-corrected chi connectivity index (χ3v) is 6.39. The summed E-state index contributed by atoms with van der Waals surface area (Å²) < 4.78 is 27.0. The quantitative estimate of drug-likeness (QED) is 0.822. The van der Waals surface area contributed by atoms with Crippen LogP contribution in [0.5, 0.6) is 0 Å². The van der Waals surface area contributed by atoms with Crippen molar-refractivity contribution in [3.05, 3.63) is 34.7 Å².